The third-order valence-corrected chi connectivity index (χ3v) is 3.72. The molecule has 0 radical (unpaired) electrons. The average Bonchev–Trinajstić information content (AvgIpc) is 2.91. The van der Waals surface area contributed by atoms with Gasteiger partial charge in [0.2, 0.25) is 0 Å². The van der Waals surface area contributed by atoms with Crippen LogP contribution in [0, 0.1) is 13.8 Å². The Morgan fingerprint density at radius 3 is 2.64 bits per heavy atom. The smallest absolute Gasteiger partial charge is 0.273 e. The van der Waals surface area contributed by atoms with Gasteiger partial charge in [0.1, 0.15) is 17.5 Å². The molecule has 4 rings (SSSR count). The molecule has 8 nitrogen and oxygen atoms in total. The molecule has 0 bridgehead atoms. The van der Waals surface area contributed by atoms with Crippen molar-refractivity contribution in [1.29, 1.82) is 0 Å². The number of aromatic amines is 1. The van der Waals surface area contributed by atoms with E-state index in [-0.39, 0.29) is 5.56 Å². The third-order valence-electron chi connectivity index (χ3n) is 3.72. The summed E-state index contributed by atoms with van der Waals surface area (Å²) in [5.41, 5.74) is 2.20. The van der Waals surface area contributed by atoms with Crippen LogP contribution >= 0.6 is 0 Å². The van der Waals surface area contributed by atoms with Gasteiger partial charge in [-0.05, 0) is 26.0 Å². The molecule has 0 fully saturated rings. The standard InChI is InChI=1S/C17H15N7O/c1-10-7-16(21-11(2)20-10)22-15-8-14-13(9-19-15)17(25)23-24(14)12-3-5-18-6-4-12/h3-9H,1-2H3,(H,23,25)(H,19,20,21,22). The number of H-pyrrole nitrogens is 1. The zero-order chi connectivity index (χ0) is 17.4. The summed E-state index contributed by atoms with van der Waals surface area (Å²) in [6.07, 6.45) is 4.90. The first-order valence-corrected chi connectivity index (χ1v) is 7.70. The fourth-order valence-electron chi connectivity index (χ4n) is 2.70. The summed E-state index contributed by atoms with van der Waals surface area (Å²) in [6.45, 7) is 3.74. The maximum atomic E-state index is 12.2. The van der Waals surface area contributed by atoms with Gasteiger partial charge in [0.25, 0.3) is 5.56 Å². The lowest BCUT2D eigenvalue weighted by molar-refractivity contribution is 0.888. The van der Waals surface area contributed by atoms with Crippen molar-refractivity contribution in [3.63, 3.8) is 0 Å². The van der Waals surface area contributed by atoms with E-state index in [1.807, 2.05) is 32.0 Å². The molecule has 4 aromatic rings. The van der Waals surface area contributed by atoms with Gasteiger partial charge in [-0.25, -0.2) is 15.0 Å². The van der Waals surface area contributed by atoms with Crippen molar-refractivity contribution >= 4 is 22.5 Å². The van der Waals surface area contributed by atoms with Crippen molar-refractivity contribution in [2.24, 2.45) is 0 Å². The lowest BCUT2D eigenvalue weighted by Crippen LogP contribution is -2.03. The number of pyridine rings is 2. The van der Waals surface area contributed by atoms with Gasteiger partial charge in [-0.2, -0.15) is 0 Å². The Bertz CT molecular complexity index is 1090. The van der Waals surface area contributed by atoms with Crippen LogP contribution in [0.1, 0.15) is 11.5 Å². The summed E-state index contributed by atoms with van der Waals surface area (Å²) in [6, 6.07) is 7.28. The van der Waals surface area contributed by atoms with Crippen LogP contribution in [0.2, 0.25) is 0 Å². The quantitative estimate of drug-likeness (QED) is 0.596. The van der Waals surface area contributed by atoms with Crippen LogP contribution in [0.4, 0.5) is 11.6 Å². The van der Waals surface area contributed by atoms with Gasteiger partial charge >= 0.3 is 0 Å². The molecule has 25 heavy (non-hydrogen) atoms. The molecule has 2 N–H and O–H groups in total. The molecule has 0 saturated heterocycles. The van der Waals surface area contributed by atoms with Crippen molar-refractivity contribution in [3.8, 4) is 5.69 Å². The van der Waals surface area contributed by atoms with Crippen molar-refractivity contribution < 1.29 is 0 Å². The number of aromatic nitrogens is 6. The van der Waals surface area contributed by atoms with Crippen molar-refractivity contribution in [1.82, 2.24) is 29.7 Å². The zero-order valence-electron chi connectivity index (χ0n) is 13.7. The van der Waals surface area contributed by atoms with Crippen molar-refractivity contribution in [2.75, 3.05) is 5.32 Å². The number of nitrogens with one attached hydrogen (secondary N) is 2. The zero-order valence-corrected chi connectivity index (χ0v) is 13.7. The van der Waals surface area contributed by atoms with E-state index in [0.717, 1.165) is 16.9 Å². The molecule has 124 valence electrons. The number of rotatable bonds is 3. The molecule has 0 aliphatic carbocycles. The fraction of sp³-hybridized carbons (Fsp3) is 0.118. The van der Waals surface area contributed by atoms with Crippen LogP contribution in [0.3, 0.4) is 0 Å². The normalized spacial score (nSPS) is 11.0. The van der Waals surface area contributed by atoms with Gasteiger partial charge in [0, 0.05) is 36.4 Å². The number of fused-ring (bicyclic) bond motifs is 1. The van der Waals surface area contributed by atoms with Crippen LogP contribution in [0.25, 0.3) is 16.6 Å². The molecule has 0 saturated carbocycles. The molecular formula is C17H15N7O. The molecule has 0 aliphatic rings. The average molecular weight is 333 g/mol. The Morgan fingerprint density at radius 1 is 1.08 bits per heavy atom. The maximum absolute atomic E-state index is 12.2. The molecule has 4 aromatic heterocycles. The number of hydrogen-bond donors (Lipinski definition) is 2. The highest BCUT2D eigenvalue weighted by molar-refractivity contribution is 5.82. The Kier molecular flexibility index (Phi) is 3.50. The third kappa shape index (κ3) is 2.85. The van der Waals surface area contributed by atoms with Gasteiger partial charge in [-0.15, -0.1) is 0 Å². The Balaban J connectivity index is 1.80. The molecule has 0 amide bonds. The molecule has 0 unspecified atom stereocenters. The molecular weight excluding hydrogens is 318 g/mol. The van der Waals surface area contributed by atoms with Gasteiger partial charge in [-0.1, -0.05) is 0 Å². The maximum Gasteiger partial charge on any atom is 0.273 e. The van der Waals surface area contributed by atoms with Gasteiger partial charge in [0.15, 0.2) is 0 Å². The summed E-state index contributed by atoms with van der Waals surface area (Å²) >= 11 is 0. The molecule has 4 heterocycles. The summed E-state index contributed by atoms with van der Waals surface area (Å²) in [5, 5.41) is 6.49. The van der Waals surface area contributed by atoms with Gasteiger partial charge in [0.05, 0.1) is 16.6 Å². The minimum atomic E-state index is -0.195. The van der Waals surface area contributed by atoms with Crippen LogP contribution < -0.4 is 10.9 Å². The highest BCUT2D eigenvalue weighted by Crippen LogP contribution is 2.19. The lowest BCUT2D eigenvalue weighted by Gasteiger charge is -2.08. The number of aryl methyl sites for hydroxylation is 2. The Labute approximate surface area is 142 Å². The first kappa shape index (κ1) is 15.0. The monoisotopic (exact) mass is 333 g/mol. The minimum absolute atomic E-state index is 0.195. The molecule has 8 heteroatoms. The second-order valence-electron chi connectivity index (χ2n) is 5.64. The van der Waals surface area contributed by atoms with E-state index in [0.29, 0.717) is 22.8 Å². The predicted molar refractivity (Wildman–Crippen MR) is 94.3 cm³/mol. The minimum Gasteiger partial charge on any atom is -0.325 e. The summed E-state index contributed by atoms with van der Waals surface area (Å²) in [4.78, 5) is 29.1. The van der Waals surface area contributed by atoms with E-state index in [1.165, 1.54) is 0 Å². The number of anilines is 2. The fourth-order valence-corrected chi connectivity index (χ4v) is 2.70. The van der Waals surface area contributed by atoms with E-state index in [9.17, 15) is 4.79 Å². The Hall–Kier alpha value is -3.55. The second kappa shape index (κ2) is 5.82. The van der Waals surface area contributed by atoms with E-state index >= 15 is 0 Å². The number of hydrogen-bond acceptors (Lipinski definition) is 6. The van der Waals surface area contributed by atoms with Crippen molar-refractivity contribution in [2.45, 2.75) is 13.8 Å². The number of nitrogens with zero attached hydrogens (tertiary/aromatic N) is 5. The largest absolute Gasteiger partial charge is 0.325 e. The van der Waals surface area contributed by atoms with Crippen molar-refractivity contribution in [3.05, 3.63) is 64.7 Å². The van der Waals surface area contributed by atoms with E-state index in [1.54, 1.807) is 29.3 Å². The first-order valence-electron chi connectivity index (χ1n) is 7.70. The molecule has 0 atom stereocenters. The van der Waals surface area contributed by atoms with Gasteiger partial charge in [-0.3, -0.25) is 19.6 Å². The van der Waals surface area contributed by atoms with Crippen LogP contribution in [0.5, 0.6) is 0 Å². The van der Waals surface area contributed by atoms with Crippen LogP contribution in [-0.2, 0) is 0 Å². The molecule has 0 aliphatic heterocycles. The Morgan fingerprint density at radius 2 is 1.88 bits per heavy atom. The summed E-state index contributed by atoms with van der Waals surface area (Å²) < 4.78 is 1.71. The van der Waals surface area contributed by atoms with E-state index < -0.39 is 0 Å². The molecule has 0 spiro atoms. The van der Waals surface area contributed by atoms with Gasteiger partial charge < -0.3 is 5.32 Å². The lowest BCUT2D eigenvalue weighted by atomic mass is 10.3. The first-order chi connectivity index (χ1) is 12.1. The summed E-state index contributed by atoms with van der Waals surface area (Å²) in [5.74, 6) is 1.93. The van der Waals surface area contributed by atoms with Crippen LogP contribution in [0.15, 0.2) is 47.7 Å². The highest BCUT2D eigenvalue weighted by atomic mass is 16.1. The van der Waals surface area contributed by atoms with Crippen LogP contribution in [-0.4, -0.2) is 29.7 Å². The topological polar surface area (TPSA) is 101 Å². The molecule has 0 aromatic carbocycles. The van der Waals surface area contributed by atoms with E-state index in [2.05, 4.69) is 30.4 Å². The second-order valence-corrected chi connectivity index (χ2v) is 5.64. The predicted octanol–water partition coefficient (Wildman–Crippen LogP) is 2.26. The highest BCUT2D eigenvalue weighted by Gasteiger charge is 2.10. The summed E-state index contributed by atoms with van der Waals surface area (Å²) in [7, 11) is 0. The van der Waals surface area contributed by atoms with E-state index in [4.69, 9.17) is 0 Å². The SMILES string of the molecule is Cc1cc(Nc2cc3c(cn2)c(=O)[nH]n3-c2ccncc2)nc(C)n1.